The Labute approximate surface area is 118 Å². The van der Waals surface area contributed by atoms with Gasteiger partial charge in [-0.05, 0) is 38.8 Å². The number of hydrogen-bond donors (Lipinski definition) is 1. The highest BCUT2D eigenvalue weighted by atomic mass is 32.1. The molecule has 1 saturated heterocycles. The maximum Gasteiger partial charge on any atom is 0.223 e. The first kappa shape index (κ1) is 13.1. The molecule has 1 aliphatic carbocycles. The van der Waals surface area contributed by atoms with E-state index in [1.165, 1.54) is 32.4 Å². The molecule has 2 heterocycles. The van der Waals surface area contributed by atoms with Crippen LogP contribution in [-0.2, 0) is 17.9 Å². The minimum atomic E-state index is 0.202. The Balaban J connectivity index is 1.46. The number of rotatable bonds is 5. The van der Waals surface area contributed by atoms with Crippen LogP contribution >= 0.6 is 11.3 Å². The molecule has 3 rings (SSSR count). The highest BCUT2D eigenvalue weighted by Crippen LogP contribution is 2.28. The monoisotopic (exact) mass is 279 g/mol. The van der Waals surface area contributed by atoms with Crippen LogP contribution in [0.3, 0.4) is 0 Å². The number of aromatic nitrogens is 1. The summed E-state index contributed by atoms with van der Waals surface area (Å²) in [4.78, 5) is 18.7. The number of piperidine rings is 1. The van der Waals surface area contributed by atoms with E-state index < -0.39 is 0 Å². The molecule has 104 valence electrons. The molecule has 19 heavy (non-hydrogen) atoms. The van der Waals surface area contributed by atoms with Gasteiger partial charge in [0.2, 0.25) is 5.91 Å². The Kier molecular flexibility index (Phi) is 4.13. The van der Waals surface area contributed by atoms with Gasteiger partial charge in [0, 0.05) is 17.8 Å². The van der Waals surface area contributed by atoms with Crippen molar-refractivity contribution in [1.29, 1.82) is 0 Å². The molecule has 5 heteroatoms. The number of thiazole rings is 1. The molecule has 1 N–H and O–H groups in total. The second kappa shape index (κ2) is 6.01. The molecule has 1 saturated carbocycles. The first-order valence-corrected chi connectivity index (χ1v) is 8.12. The largest absolute Gasteiger partial charge is 0.349 e. The number of hydrogen-bond acceptors (Lipinski definition) is 4. The molecule has 0 bridgehead atoms. The predicted octanol–water partition coefficient (Wildman–Crippen LogP) is 2.16. The number of nitrogens with one attached hydrogen (secondary N) is 1. The van der Waals surface area contributed by atoms with Gasteiger partial charge in [-0.1, -0.05) is 6.42 Å². The van der Waals surface area contributed by atoms with E-state index in [2.05, 4.69) is 20.6 Å². The zero-order chi connectivity index (χ0) is 13.1. The zero-order valence-corrected chi connectivity index (χ0v) is 12.0. The molecule has 1 aliphatic heterocycles. The Hall–Kier alpha value is -0.940. The minimum absolute atomic E-state index is 0.202. The number of carbonyl (C=O) groups excluding carboxylic acids is 1. The molecule has 0 spiro atoms. The number of likely N-dealkylation sites (tertiary alicyclic amines) is 1. The van der Waals surface area contributed by atoms with Crippen molar-refractivity contribution in [3.05, 3.63) is 16.1 Å². The summed E-state index contributed by atoms with van der Waals surface area (Å²) in [6.45, 7) is 3.96. The van der Waals surface area contributed by atoms with Gasteiger partial charge in [0.1, 0.15) is 5.01 Å². The van der Waals surface area contributed by atoms with Crippen LogP contribution in [0.2, 0.25) is 0 Å². The first-order chi connectivity index (χ1) is 9.31. The van der Waals surface area contributed by atoms with Crippen LogP contribution in [0.15, 0.2) is 5.38 Å². The van der Waals surface area contributed by atoms with Crippen LogP contribution in [0, 0.1) is 5.92 Å². The second-order valence-corrected chi connectivity index (χ2v) is 6.50. The Morgan fingerprint density at radius 1 is 1.37 bits per heavy atom. The molecule has 4 nitrogen and oxygen atoms in total. The molecular weight excluding hydrogens is 258 g/mol. The zero-order valence-electron chi connectivity index (χ0n) is 11.2. The lowest BCUT2D eigenvalue weighted by Gasteiger charge is -2.25. The van der Waals surface area contributed by atoms with Crippen LogP contribution in [0.5, 0.6) is 0 Å². The number of nitrogens with zero attached hydrogens (tertiary/aromatic N) is 2. The third-order valence-corrected chi connectivity index (χ3v) is 4.69. The van der Waals surface area contributed by atoms with Gasteiger partial charge in [0.05, 0.1) is 12.2 Å². The van der Waals surface area contributed by atoms with Crippen molar-refractivity contribution in [2.45, 2.75) is 45.2 Å². The van der Waals surface area contributed by atoms with Crippen LogP contribution in [0.4, 0.5) is 0 Å². The van der Waals surface area contributed by atoms with Gasteiger partial charge in [0.25, 0.3) is 0 Å². The lowest BCUT2D eigenvalue weighted by molar-refractivity contribution is -0.122. The summed E-state index contributed by atoms with van der Waals surface area (Å²) in [6, 6.07) is 0. The van der Waals surface area contributed by atoms with E-state index >= 15 is 0 Å². The number of carbonyl (C=O) groups is 1. The van der Waals surface area contributed by atoms with Crippen molar-refractivity contribution in [3.8, 4) is 0 Å². The average Bonchev–Trinajstić information content (AvgIpc) is 3.19. The molecule has 0 aromatic carbocycles. The molecule has 1 aromatic heterocycles. The third-order valence-electron chi connectivity index (χ3n) is 3.80. The summed E-state index contributed by atoms with van der Waals surface area (Å²) < 4.78 is 0. The quantitative estimate of drug-likeness (QED) is 0.898. The molecule has 1 amide bonds. The van der Waals surface area contributed by atoms with E-state index in [0.29, 0.717) is 6.54 Å². The molecule has 2 aliphatic rings. The van der Waals surface area contributed by atoms with Crippen molar-refractivity contribution in [2.75, 3.05) is 13.1 Å². The fourth-order valence-corrected chi connectivity index (χ4v) is 3.23. The highest BCUT2D eigenvalue weighted by molar-refractivity contribution is 7.09. The van der Waals surface area contributed by atoms with E-state index in [1.54, 1.807) is 11.3 Å². The van der Waals surface area contributed by atoms with E-state index in [4.69, 9.17) is 0 Å². The van der Waals surface area contributed by atoms with Crippen LogP contribution in [0.25, 0.3) is 0 Å². The van der Waals surface area contributed by atoms with Gasteiger partial charge >= 0.3 is 0 Å². The van der Waals surface area contributed by atoms with E-state index in [9.17, 15) is 4.79 Å². The summed E-state index contributed by atoms with van der Waals surface area (Å²) >= 11 is 1.66. The standard InChI is InChI=1S/C14H21N3OS/c18-14(11-4-5-11)15-8-13-16-12(10-19-13)9-17-6-2-1-3-7-17/h10-11H,1-9H2,(H,15,18). The fourth-order valence-electron chi connectivity index (χ4n) is 2.50. The molecule has 0 unspecified atom stereocenters. The van der Waals surface area contributed by atoms with Crippen LogP contribution in [-0.4, -0.2) is 28.9 Å². The first-order valence-electron chi connectivity index (χ1n) is 7.24. The van der Waals surface area contributed by atoms with E-state index in [0.717, 1.165) is 30.1 Å². The average molecular weight is 279 g/mol. The summed E-state index contributed by atoms with van der Waals surface area (Å²) in [5.41, 5.74) is 1.16. The molecular formula is C14H21N3OS. The maximum absolute atomic E-state index is 11.6. The SMILES string of the molecule is O=C(NCc1nc(CN2CCCCC2)cs1)C1CC1. The normalized spacial score (nSPS) is 20.4. The van der Waals surface area contributed by atoms with Crippen molar-refractivity contribution in [1.82, 2.24) is 15.2 Å². The number of amides is 1. The van der Waals surface area contributed by atoms with Gasteiger partial charge < -0.3 is 5.32 Å². The summed E-state index contributed by atoms with van der Waals surface area (Å²) in [5, 5.41) is 6.13. The van der Waals surface area contributed by atoms with Gasteiger partial charge in [-0.15, -0.1) is 11.3 Å². The molecule has 1 aromatic rings. The van der Waals surface area contributed by atoms with E-state index in [1.807, 2.05) is 0 Å². The second-order valence-electron chi connectivity index (χ2n) is 5.56. The van der Waals surface area contributed by atoms with Gasteiger partial charge in [-0.25, -0.2) is 4.98 Å². The van der Waals surface area contributed by atoms with Crippen molar-refractivity contribution in [2.24, 2.45) is 5.92 Å². The molecule has 0 radical (unpaired) electrons. The summed E-state index contributed by atoms with van der Waals surface area (Å²) in [5.74, 6) is 0.487. The smallest absolute Gasteiger partial charge is 0.223 e. The summed E-state index contributed by atoms with van der Waals surface area (Å²) in [6.07, 6.45) is 6.11. The Morgan fingerprint density at radius 3 is 2.89 bits per heavy atom. The maximum atomic E-state index is 11.6. The lowest BCUT2D eigenvalue weighted by atomic mass is 10.1. The van der Waals surface area contributed by atoms with Gasteiger partial charge in [-0.3, -0.25) is 9.69 Å². The van der Waals surface area contributed by atoms with Crippen molar-refractivity contribution >= 4 is 17.2 Å². The van der Waals surface area contributed by atoms with Gasteiger partial charge in [0.15, 0.2) is 0 Å². The van der Waals surface area contributed by atoms with Crippen LogP contribution in [0.1, 0.15) is 42.8 Å². The predicted molar refractivity (Wildman–Crippen MR) is 75.8 cm³/mol. The van der Waals surface area contributed by atoms with E-state index in [-0.39, 0.29) is 11.8 Å². The highest BCUT2D eigenvalue weighted by Gasteiger charge is 2.29. The Bertz CT molecular complexity index is 436. The molecule has 2 fully saturated rings. The minimum Gasteiger partial charge on any atom is -0.349 e. The van der Waals surface area contributed by atoms with Gasteiger partial charge in [-0.2, -0.15) is 0 Å². The third kappa shape index (κ3) is 3.76. The van der Waals surface area contributed by atoms with Crippen LogP contribution < -0.4 is 5.32 Å². The lowest BCUT2D eigenvalue weighted by Crippen LogP contribution is -2.29. The topological polar surface area (TPSA) is 45.2 Å². The molecule has 0 atom stereocenters. The Morgan fingerprint density at radius 2 is 2.16 bits per heavy atom. The van der Waals surface area contributed by atoms with Crippen molar-refractivity contribution in [3.63, 3.8) is 0 Å². The summed E-state index contributed by atoms with van der Waals surface area (Å²) in [7, 11) is 0. The fraction of sp³-hybridized carbons (Fsp3) is 0.714. The van der Waals surface area contributed by atoms with Crippen molar-refractivity contribution < 1.29 is 4.79 Å².